The van der Waals surface area contributed by atoms with Crippen LogP contribution in [0.3, 0.4) is 0 Å². The number of carbonyl (C=O) groups excluding carboxylic acids is 1. The van der Waals surface area contributed by atoms with Gasteiger partial charge in [0.1, 0.15) is 16.8 Å². The Morgan fingerprint density at radius 3 is 2.74 bits per heavy atom. The first kappa shape index (κ1) is 14.1. The van der Waals surface area contributed by atoms with Crippen molar-refractivity contribution in [3.63, 3.8) is 0 Å². The number of halogens is 1. The molecular formula is C13H19ClN4O. The summed E-state index contributed by atoms with van der Waals surface area (Å²) >= 11 is 6.14. The molecule has 1 aliphatic heterocycles. The van der Waals surface area contributed by atoms with Gasteiger partial charge in [-0.3, -0.25) is 4.79 Å². The van der Waals surface area contributed by atoms with E-state index < -0.39 is 0 Å². The van der Waals surface area contributed by atoms with E-state index in [0.717, 1.165) is 23.6 Å². The van der Waals surface area contributed by atoms with Crippen molar-refractivity contribution in [1.82, 2.24) is 15.3 Å². The van der Waals surface area contributed by atoms with Crippen LogP contribution in [-0.2, 0) is 4.79 Å². The molecule has 0 aliphatic carbocycles. The van der Waals surface area contributed by atoms with Crippen LogP contribution in [0.2, 0.25) is 5.15 Å². The van der Waals surface area contributed by atoms with E-state index in [2.05, 4.69) is 20.6 Å². The molecular weight excluding hydrogens is 264 g/mol. The number of hydrogen-bond donors (Lipinski definition) is 2. The number of nitrogens with zero attached hydrogens (tertiary/aromatic N) is 2. The van der Waals surface area contributed by atoms with Crippen molar-refractivity contribution < 1.29 is 4.79 Å². The van der Waals surface area contributed by atoms with E-state index in [0.29, 0.717) is 18.1 Å². The Bertz CT molecular complexity index is 480. The number of carbonyl (C=O) groups is 1. The molecule has 2 N–H and O–H groups in total. The predicted molar refractivity (Wildman–Crippen MR) is 75.5 cm³/mol. The lowest BCUT2D eigenvalue weighted by molar-refractivity contribution is -0.122. The summed E-state index contributed by atoms with van der Waals surface area (Å²) in [6.07, 6.45) is 1.36. The minimum absolute atomic E-state index is 0.110. The maximum atomic E-state index is 11.1. The normalized spacial score (nSPS) is 19.4. The molecule has 1 unspecified atom stereocenters. The van der Waals surface area contributed by atoms with Crippen molar-refractivity contribution in [2.75, 3.05) is 11.9 Å². The lowest BCUT2D eigenvalue weighted by atomic mass is 10.1. The molecule has 2 heterocycles. The highest BCUT2D eigenvalue weighted by Gasteiger charge is 2.20. The van der Waals surface area contributed by atoms with Gasteiger partial charge in [0.25, 0.3) is 0 Å². The molecule has 0 saturated carbocycles. The molecule has 0 radical (unpaired) electrons. The van der Waals surface area contributed by atoms with E-state index in [1.54, 1.807) is 0 Å². The highest BCUT2D eigenvalue weighted by Crippen LogP contribution is 2.24. The molecule has 19 heavy (non-hydrogen) atoms. The molecule has 0 spiro atoms. The number of anilines is 1. The molecule has 1 aromatic heterocycles. The highest BCUT2D eigenvalue weighted by atomic mass is 35.5. The zero-order valence-electron chi connectivity index (χ0n) is 11.5. The van der Waals surface area contributed by atoms with Gasteiger partial charge in [0.15, 0.2) is 0 Å². The third-order valence-electron chi connectivity index (χ3n) is 3.23. The minimum atomic E-state index is 0.110. The summed E-state index contributed by atoms with van der Waals surface area (Å²) in [7, 11) is 0. The zero-order chi connectivity index (χ0) is 14.0. The first-order chi connectivity index (χ1) is 8.97. The van der Waals surface area contributed by atoms with Crippen LogP contribution in [0.5, 0.6) is 0 Å². The second-order valence-electron chi connectivity index (χ2n) is 5.18. The fourth-order valence-electron chi connectivity index (χ4n) is 1.95. The van der Waals surface area contributed by atoms with Gasteiger partial charge < -0.3 is 10.6 Å². The number of hydrogen-bond acceptors (Lipinski definition) is 4. The average molecular weight is 283 g/mol. The van der Waals surface area contributed by atoms with Crippen LogP contribution in [0, 0.1) is 6.92 Å². The summed E-state index contributed by atoms with van der Waals surface area (Å²) in [5.74, 6) is 1.84. The van der Waals surface area contributed by atoms with Crippen LogP contribution in [0.4, 0.5) is 5.82 Å². The quantitative estimate of drug-likeness (QED) is 0.835. The number of aromatic nitrogens is 2. The van der Waals surface area contributed by atoms with Crippen molar-refractivity contribution in [1.29, 1.82) is 0 Å². The van der Waals surface area contributed by atoms with Crippen LogP contribution < -0.4 is 10.6 Å². The van der Waals surface area contributed by atoms with E-state index in [9.17, 15) is 4.79 Å². The highest BCUT2D eigenvalue weighted by molar-refractivity contribution is 6.30. The topological polar surface area (TPSA) is 66.9 Å². The summed E-state index contributed by atoms with van der Waals surface area (Å²) in [5.41, 5.74) is 0.850. The van der Waals surface area contributed by atoms with E-state index >= 15 is 0 Å². The standard InChI is InChI=1S/C13H19ClN4O/c1-7(2)12-17-11(14)8(3)13(18-12)16-9-4-5-10(19)15-6-9/h7,9H,4-6H2,1-3H3,(H,15,19)(H,16,17,18). The Labute approximate surface area is 118 Å². The van der Waals surface area contributed by atoms with Crippen molar-refractivity contribution in [2.45, 2.75) is 45.6 Å². The predicted octanol–water partition coefficient (Wildman–Crippen LogP) is 2.25. The lowest BCUT2D eigenvalue weighted by Crippen LogP contribution is -2.42. The van der Waals surface area contributed by atoms with Crippen molar-refractivity contribution in [3.05, 3.63) is 16.5 Å². The number of piperidine rings is 1. The largest absolute Gasteiger partial charge is 0.365 e. The van der Waals surface area contributed by atoms with Gasteiger partial charge in [0.05, 0.1) is 0 Å². The van der Waals surface area contributed by atoms with Crippen molar-refractivity contribution >= 4 is 23.3 Å². The lowest BCUT2D eigenvalue weighted by Gasteiger charge is -2.25. The molecule has 1 saturated heterocycles. The van der Waals surface area contributed by atoms with Gasteiger partial charge in [-0.2, -0.15) is 0 Å². The minimum Gasteiger partial charge on any atom is -0.365 e. The van der Waals surface area contributed by atoms with E-state index in [1.807, 2.05) is 20.8 Å². The summed E-state index contributed by atoms with van der Waals surface area (Å²) in [5, 5.41) is 6.69. The summed E-state index contributed by atoms with van der Waals surface area (Å²) in [4.78, 5) is 19.9. The first-order valence-electron chi connectivity index (χ1n) is 6.54. The molecule has 1 amide bonds. The molecule has 1 atom stereocenters. The van der Waals surface area contributed by atoms with Crippen LogP contribution >= 0.6 is 11.6 Å². The Morgan fingerprint density at radius 1 is 1.42 bits per heavy atom. The second kappa shape index (κ2) is 5.74. The Hall–Kier alpha value is -1.36. The Morgan fingerprint density at radius 2 is 2.16 bits per heavy atom. The molecule has 0 bridgehead atoms. The molecule has 104 valence electrons. The molecule has 6 heteroatoms. The third-order valence-corrected chi connectivity index (χ3v) is 3.59. The van der Waals surface area contributed by atoms with E-state index in [-0.39, 0.29) is 17.9 Å². The van der Waals surface area contributed by atoms with Crippen LogP contribution in [0.15, 0.2) is 0 Å². The van der Waals surface area contributed by atoms with Gasteiger partial charge in [-0.25, -0.2) is 9.97 Å². The molecule has 1 fully saturated rings. The zero-order valence-corrected chi connectivity index (χ0v) is 12.2. The Kier molecular flexibility index (Phi) is 4.24. The number of amides is 1. The van der Waals surface area contributed by atoms with Crippen molar-refractivity contribution in [3.8, 4) is 0 Å². The first-order valence-corrected chi connectivity index (χ1v) is 6.92. The average Bonchev–Trinajstić information content (AvgIpc) is 2.37. The molecule has 2 rings (SSSR count). The van der Waals surface area contributed by atoms with Gasteiger partial charge in [-0.05, 0) is 13.3 Å². The number of rotatable bonds is 3. The molecule has 5 nitrogen and oxygen atoms in total. The maximum Gasteiger partial charge on any atom is 0.220 e. The Balaban J connectivity index is 2.17. The summed E-state index contributed by atoms with van der Waals surface area (Å²) < 4.78 is 0. The van der Waals surface area contributed by atoms with Gasteiger partial charge in [-0.15, -0.1) is 0 Å². The monoisotopic (exact) mass is 282 g/mol. The molecule has 1 aromatic rings. The van der Waals surface area contributed by atoms with E-state index in [4.69, 9.17) is 11.6 Å². The van der Waals surface area contributed by atoms with Crippen LogP contribution in [0.25, 0.3) is 0 Å². The van der Waals surface area contributed by atoms with Gasteiger partial charge in [0.2, 0.25) is 5.91 Å². The molecule has 1 aliphatic rings. The maximum absolute atomic E-state index is 11.1. The van der Waals surface area contributed by atoms with Gasteiger partial charge >= 0.3 is 0 Å². The SMILES string of the molecule is Cc1c(Cl)nc(C(C)C)nc1NC1CCC(=O)NC1. The van der Waals surface area contributed by atoms with Gasteiger partial charge in [0, 0.05) is 30.5 Å². The second-order valence-corrected chi connectivity index (χ2v) is 5.54. The fourth-order valence-corrected chi connectivity index (χ4v) is 2.13. The van der Waals surface area contributed by atoms with Crippen LogP contribution in [0.1, 0.15) is 44.0 Å². The summed E-state index contributed by atoms with van der Waals surface area (Å²) in [6.45, 7) is 6.59. The van der Waals surface area contributed by atoms with E-state index in [1.165, 1.54) is 0 Å². The summed E-state index contributed by atoms with van der Waals surface area (Å²) in [6, 6.07) is 0.197. The molecule has 0 aromatic carbocycles. The third kappa shape index (κ3) is 3.35. The fraction of sp³-hybridized carbons (Fsp3) is 0.615. The number of nitrogens with one attached hydrogen (secondary N) is 2. The van der Waals surface area contributed by atoms with Crippen LogP contribution in [-0.4, -0.2) is 28.5 Å². The smallest absolute Gasteiger partial charge is 0.220 e. The van der Waals surface area contributed by atoms with Crippen molar-refractivity contribution in [2.24, 2.45) is 0 Å². The van der Waals surface area contributed by atoms with Gasteiger partial charge in [-0.1, -0.05) is 25.4 Å².